The van der Waals surface area contributed by atoms with Gasteiger partial charge in [-0.05, 0) is 39.8 Å². The maximum atomic E-state index is 11.6. The van der Waals surface area contributed by atoms with Crippen LogP contribution in [0.4, 0.5) is 22.2 Å². The Morgan fingerprint density at radius 2 is 1.86 bits per heavy atom. The minimum absolute atomic E-state index is 0.297. The van der Waals surface area contributed by atoms with Crippen LogP contribution in [0.5, 0.6) is 0 Å². The molecule has 2 heterocycles. The molecule has 112 valence electrons. The molecule has 0 saturated heterocycles. The first-order valence-electron chi connectivity index (χ1n) is 6.36. The zero-order chi connectivity index (χ0) is 15.5. The van der Waals surface area contributed by atoms with E-state index in [1.807, 2.05) is 0 Å². The smallest absolute Gasteiger partial charge is 0.413 e. The minimum atomic E-state index is -0.579. The van der Waals surface area contributed by atoms with Crippen molar-refractivity contribution in [3.63, 3.8) is 0 Å². The second-order valence-corrected chi connectivity index (χ2v) is 5.38. The molecular weight excluding hydrogens is 274 g/mol. The quantitative estimate of drug-likeness (QED) is 0.896. The fourth-order valence-corrected chi connectivity index (χ4v) is 1.43. The average Bonchev–Trinajstić information content (AvgIpc) is 2.75. The molecule has 0 unspecified atom stereocenters. The van der Waals surface area contributed by atoms with E-state index in [0.717, 1.165) is 0 Å². The van der Waals surface area contributed by atoms with E-state index < -0.39 is 11.7 Å². The molecule has 0 aromatic carbocycles. The van der Waals surface area contributed by atoms with E-state index in [1.54, 1.807) is 45.9 Å². The van der Waals surface area contributed by atoms with Crippen LogP contribution >= 0.6 is 0 Å². The van der Waals surface area contributed by atoms with E-state index in [2.05, 4.69) is 26.0 Å². The molecule has 0 fully saturated rings. The van der Waals surface area contributed by atoms with Gasteiger partial charge in [0.05, 0.1) is 0 Å². The highest BCUT2D eigenvalue weighted by Gasteiger charge is 2.16. The maximum absolute atomic E-state index is 11.6. The highest BCUT2D eigenvalue weighted by molar-refractivity contribution is 5.83. The van der Waals surface area contributed by atoms with Gasteiger partial charge in [-0.3, -0.25) is 5.32 Å². The largest absolute Gasteiger partial charge is 0.444 e. The third-order valence-corrected chi connectivity index (χ3v) is 2.18. The second-order valence-electron chi connectivity index (χ2n) is 5.38. The third kappa shape index (κ3) is 4.75. The van der Waals surface area contributed by atoms with Crippen LogP contribution in [0.2, 0.25) is 0 Å². The summed E-state index contributed by atoms with van der Waals surface area (Å²) in [6.07, 6.45) is -0.579. The fraction of sp³-hybridized carbons (Fsp3) is 0.385. The number of amides is 1. The number of carbonyl (C=O) groups is 1. The molecule has 8 nitrogen and oxygen atoms in total. The standard InChI is InChI=1S/C13H17N5O3/c1-8-7-11(18-21-8)14-9-5-6-10(17-16-9)15-12(19)20-13(2,3)4/h5-7H,1-4H3,(H,14,16,18)(H,15,17,19). The van der Waals surface area contributed by atoms with Crippen LogP contribution in [-0.2, 0) is 4.74 Å². The molecule has 0 aliphatic carbocycles. The van der Waals surface area contributed by atoms with Gasteiger partial charge < -0.3 is 14.6 Å². The third-order valence-electron chi connectivity index (χ3n) is 2.18. The predicted octanol–water partition coefficient (Wildman–Crippen LogP) is 2.86. The van der Waals surface area contributed by atoms with Crippen LogP contribution in [0.25, 0.3) is 0 Å². The molecule has 0 atom stereocenters. The molecule has 8 heteroatoms. The van der Waals surface area contributed by atoms with E-state index in [1.165, 1.54) is 0 Å². The summed E-state index contributed by atoms with van der Waals surface area (Å²) >= 11 is 0. The van der Waals surface area contributed by atoms with E-state index in [4.69, 9.17) is 9.26 Å². The van der Waals surface area contributed by atoms with Crippen LogP contribution in [0.1, 0.15) is 26.5 Å². The number of ether oxygens (including phenoxy) is 1. The number of hydrogen-bond donors (Lipinski definition) is 2. The molecule has 0 aliphatic rings. The first-order chi connectivity index (χ1) is 9.82. The van der Waals surface area contributed by atoms with Gasteiger partial charge in [0.2, 0.25) is 0 Å². The van der Waals surface area contributed by atoms with Crippen molar-refractivity contribution < 1.29 is 14.1 Å². The molecular formula is C13H17N5O3. The van der Waals surface area contributed by atoms with E-state index in [9.17, 15) is 4.79 Å². The number of nitrogens with zero attached hydrogens (tertiary/aromatic N) is 3. The van der Waals surface area contributed by atoms with Crippen molar-refractivity contribution in [2.24, 2.45) is 0 Å². The molecule has 0 saturated carbocycles. The lowest BCUT2D eigenvalue weighted by atomic mass is 10.2. The van der Waals surface area contributed by atoms with Crippen LogP contribution in [0.15, 0.2) is 22.7 Å². The second kappa shape index (κ2) is 5.78. The molecule has 2 aromatic heterocycles. The summed E-state index contributed by atoms with van der Waals surface area (Å²) in [6, 6.07) is 4.99. The Balaban J connectivity index is 1.94. The van der Waals surface area contributed by atoms with Gasteiger partial charge in [0, 0.05) is 6.07 Å². The van der Waals surface area contributed by atoms with E-state index >= 15 is 0 Å². The summed E-state index contributed by atoms with van der Waals surface area (Å²) in [7, 11) is 0. The lowest BCUT2D eigenvalue weighted by molar-refractivity contribution is 0.0635. The van der Waals surface area contributed by atoms with Crippen LogP contribution in [-0.4, -0.2) is 27.0 Å². The van der Waals surface area contributed by atoms with Gasteiger partial charge in [0.15, 0.2) is 17.5 Å². The molecule has 2 aromatic rings. The molecule has 2 N–H and O–H groups in total. The Hall–Kier alpha value is -2.64. The van der Waals surface area contributed by atoms with Crippen molar-refractivity contribution in [3.05, 3.63) is 24.0 Å². The lowest BCUT2D eigenvalue weighted by Crippen LogP contribution is -2.27. The van der Waals surface area contributed by atoms with Crippen molar-refractivity contribution in [2.75, 3.05) is 10.6 Å². The summed E-state index contributed by atoms with van der Waals surface area (Å²) < 4.78 is 10.0. The summed E-state index contributed by atoms with van der Waals surface area (Å²) in [5.41, 5.74) is -0.566. The number of hydrogen-bond acceptors (Lipinski definition) is 7. The van der Waals surface area contributed by atoms with E-state index in [0.29, 0.717) is 23.2 Å². The summed E-state index contributed by atoms with van der Waals surface area (Å²) in [5, 5.41) is 17.0. The monoisotopic (exact) mass is 291 g/mol. The number of aryl methyl sites for hydroxylation is 1. The first kappa shape index (κ1) is 14.8. The van der Waals surface area contributed by atoms with Crippen LogP contribution < -0.4 is 10.6 Å². The van der Waals surface area contributed by atoms with Gasteiger partial charge in [0.1, 0.15) is 11.4 Å². The van der Waals surface area contributed by atoms with Gasteiger partial charge in [-0.2, -0.15) is 0 Å². The Bertz CT molecular complexity index is 615. The van der Waals surface area contributed by atoms with Gasteiger partial charge in [-0.15, -0.1) is 10.2 Å². The molecule has 0 aliphatic heterocycles. The van der Waals surface area contributed by atoms with Crippen molar-refractivity contribution in [2.45, 2.75) is 33.3 Å². The molecule has 21 heavy (non-hydrogen) atoms. The molecule has 0 bridgehead atoms. The van der Waals surface area contributed by atoms with Crippen molar-refractivity contribution in [1.82, 2.24) is 15.4 Å². The number of aromatic nitrogens is 3. The van der Waals surface area contributed by atoms with Gasteiger partial charge in [-0.25, -0.2) is 4.79 Å². The summed E-state index contributed by atoms with van der Waals surface area (Å²) in [5.74, 6) is 2.01. The van der Waals surface area contributed by atoms with Gasteiger partial charge in [0.25, 0.3) is 0 Å². The normalized spacial score (nSPS) is 11.0. The molecule has 2 rings (SSSR count). The molecule has 0 spiro atoms. The number of anilines is 3. The Labute approximate surface area is 121 Å². The highest BCUT2D eigenvalue weighted by atomic mass is 16.6. The number of nitrogens with one attached hydrogen (secondary N) is 2. The zero-order valence-corrected chi connectivity index (χ0v) is 12.3. The topological polar surface area (TPSA) is 102 Å². The number of carbonyl (C=O) groups excluding carboxylic acids is 1. The predicted molar refractivity (Wildman–Crippen MR) is 76.4 cm³/mol. The van der Waals surface area contributed by atoms with Crippen LogP contribution in [0.3, 0.4) is 0 Å². The van der Waals surface area contributed by atoms with Gasteiger partial charge in [-0.1, -0.05) is 5.16 Å². The maximum Gasteiger partial charge on any atom is 0.413 e. The zero-order valence-electron chi connectivity index (χ0n) is 12.3. The Morgan fingerprint density at radius 3 is 2.38 bits per heavy atom. The van der Waals surface area contributed by atoms with Crippen LogP contribution in [0, 0.1) is 6.92 Å². The Morgan fingerprint density at radius 1 is 1.19 bits per heavy atom. The Kier molecular flexibility index (Phi) is 4.06. The highest BCUT2D eigenvalue weighted by Crippen LogP contribution is 2.15. The lowest BCUT2D eigenvalue weighted by Gasteiger charge is -2.19. The first-order valence-corrected chi connectivity index (χ1v) is 6.36. The minimum Gasteiger partial charge on any atom is -0.444 e. The van der Waals surface area contributed by atoms with Crippen molar-refractivity contribution in [3.8, 4) is 0 Å². The van der Waals surface area contributed by atoms with Crippen molar-refractivity contribution in [1.29, 1.82) is 0 Å². The summed E-state index contributed by atoms with van der Waals surface area (Å²) in [4.78, 5) is 11.6. The average molecular weight is 291 g/mol. The SMILES string of the molecule is Cc1cc(Nc2ccc(NC(=O)OC(C)(C)C)nn2)no1. The van der Waals surface area contributed by atoms with Gasteiger partial charge >= 0.3 is 6.09 Å². The molecule has 0 radical (unpaired) electrons. The van der Waals surface area contributed by atoms with E-state index in [-0.39, 0.29) is 0 Å². The number of rotatable bonds is 3. The summed E-state index contributed by atoms with van der Waals surface area (Å²) in [6.45, 7) is 7.14. The van der Waals surface area contributed by atoms with Crippen molar-refractivity contribution >= 4 is 23.5 Å². The fourth-order valence-electron chi connectivity index (χ4n) is 1.43. The molecule has 1 amide bonds.